The minimum absolute atomic E-state index is 0.414. The standard InChI is InChI=1S/C9H9ClFNO4/c10-4-2-6(13)8(14)3(7(4)11)1-5(12)9(15)16/h2,5,13-14H,1,12H2,(H,15,16). The molecule has 0 amide bonds. The van der Waals surface area contributed by atoms with Crippen LogP contribution in [0.4, 0.5) is 4.39 Å². The molecule has 5 nitrogen and oxygen atoms in total. The Morgan fingerprint density at radius 2 is 2.12 bits per heavy atom. The van der Waals surface area contributed by atoms with E-state index in [4.69, 9.17) is 27.5 Å². The van der Waals surface area contributed by atoms with Crippen LogP contribution in [0.25, 0.3) is 0 Å². The Morgan fingerprint density at radius 3 is 2.62 bits per heavy atom. The second kappa shape index (κ2) is 4.54. The Morgan fingerprint density at radius 1 is 1.56 bits per heavy atom. The summed E-state index contributed by atoms with van der Waals surface area (Å²) >= 11 is 5.42. The maximum absolute atomic E-state index is 13.4. The quantitative estimate of drug-likeness (QED) is 0.595. The molecule has 16 heavy (non-hydrogen) atoms. The zero-order chi connectivity index (χ0) is 12.5. The fraction of sp³-hybridized carbons (Fsp3) is 0.222. The highest BCUT2D eigenvalue weighted by Crippen LogP contribution is 2.35. The summed E-state index contributed by atoms with van der Waals surface area (Å²) in [4.78, 5) is 10.5. The van der Waals surface area contributed by atoms with Gasteiger partial charge < -0.3 is 21.1 Å². The summed E-state index contributed by atoms with van der Waals surface area (Å²) < 4.78 is 13.4. The Hall–Kier alpha value is -1.53. The van der Waals surface area contributed by atoms with E-state index in [1.54, 1.807) is 0 Å². The first kappa shape index (κ1) is 12.5. The normalized spacial score (nSPS) is 12.4. The van der Waals surface area contributed by atoms with Crippen LogP contribution in [0.2, 0.25) is 5.02 Å². The summed E-state index contributed by atoms with van der Waals surface area (Å²) in [7, 11) is 0. The number of aromatic hydroxyl groups is 2. The zero-order valence-corrected chi connectivity index (χ0v) is 8.70. The maximum atomic E-state index is 13.4. The van der Waals surface area contributed by atoms with E-state index in [0.717, 1.165) is 6.07 Å². The van der Waals surface area contributed by atoms with Crippen LogP contribution >= 0.6 is 11.6 Å². The van der Waals surface area contributed by atoms with Crippen molar-refractivity contribution in [3.63, 3.8) is 0 Å². The fourth-order valence-corrected chi connectivity index (χ4v) is 1.37. The summed E-state index contributed by atoms with van der Waals surface area (Å²) in [5, 5.41) is 26.6. The lowest BCUT2D eigenvalue weighted by Crippen LogP contribution is -2.32. The number of nitrogens with two attached hydrogens (primary N) is 1. The van der Waals surface area contributed by atoms with Crippen LogP contribution in [0.5, 0.6) is 11.5 Å². The molecule has 0 aromatic heterocycles. The van der Waals surface area contributed by atoms with E-state index in [-0.39, 0.29) is 0 Å². The molecular weight excluding hydrogens is 241 g/mol. The molecular formula is C9H9ClFNO4. The molecule has 1 aromatic rings. The van der Waals surface area contributed by atoms with E-state index >= 15 is 0 Å². The smallest absolute Gasteiger partial charge is 0.320 e. The lowest BCUT2D eigenvalue weighted by molar-refractivity contribution is -0.138. The van der Waals surface area contributed by atoms with Crippen molar-refractivity contribution < 1.29 is 24.5 Å². The molecule has 0 fully saturated rings. The largest absolute Gasteiger partial charge is 0.504 e. The average molecular weight is 250 g/mol. The molecule has 0 spiro atoms. The second-order valence-electron chi connectivity index (χ2n) is 3.17. The Labute approximate surface area is 94.9 Å². The van der Waals surface area contributed by atoms with E-state index in [9.17, 15) is 14.3 Å². The van der Waals surface area contributed by atoms with Gasteiger partial charge in [0.25, 0.3) is 0 Å². The van der Waals surface area contributed by atoms with Crippen LogP contribution in [-0.2, 0) is 11.2 Å². The molecule has 0 aliphatic rings. The van der Waals surface area contributed by atoms with Gasteiger partial charge in [0.1, 0.15) is 11.9 Å². The van der Waals surface area contributed by atoms with Crippen molar-refractivity contribution in [1.82, 2.24) is 0 Å². The van der Waals surface area contributed by atoms with E-state index in [0.29, 0.717) is 0 Å². The molecule has 1 atom stereocenters. The summed E-state index contributed by atoms with van der Waals surface area (Å²) in [5.41, 5.74) is 4.77. The van der Waals surface area contributed by atoms with Gasteiger partial charge in [0.05, 0.1) is 5.02 Å². The predicted molar refractivity (Wildman–Crippen MR) is 54.1 cm³/mol. The SMILES string of the molecule is NC(Cc1c(O)c(O)cc(Cl)c1F)C(=O)O. The molecule has 0 bridgehead atoms. The number of phenols is 2. The van der Waals surface area contributed by atoms with Crippen molar-refractivity contribution in [2.45, 2.75) is 12.5 Å². The van der Waals surface area contributed by atoms with Gasteiger partial charge in [0.15, 0.2) is 11.5 Å². The number of halogens is 2. The van der Waals surface area contributed by atoms with Gasteiger partial charge in [-0.05, 0) is 0 Å². The van der Waals surface area contributed by atoms with Crippen molar-refractivity contribution in [3.05, 3.63) is 22.5 Å². The minimum Gasteiger partial charge on any atom is -0.504 e. The first-order valence-electron chi connectivity index (χ1n) is 4.21. The Bertz CT molecular complexity index is 412. The average Bonchev–Trinajstić information content (AvgIpc) is 2.21. The molecule has 1 unspecified atom stereocenters. The molecule has 0 aliphatic heterocycles. The number of hydrogen-bond donors (Lipinski definition) is 4. The number of hydrogen-bond acceptors (Lipinski definition) is 4. The number of benzene rings is 1. The summed E-state index contributed by atoms with van der Waals surface area (Å²) in [6, 6.07) is -0.569. The molecule has 0 heterocycles. The van der Waals surface area contributed by atoms with Crippen molar-refractivity contribution >= 4 is 17.6 Å². The number of phenolic OH excluding ortho intramolecular Hbond substituents is 2. The lowest BCUT2D eigenvalue weighted by atomic mass is 10.0. The lowest BCUT2D eigenvalue weighted by Gasteiger charge is -2.11. The number of carbonyl (C=O) groups is 1. The highest BCUT2D eigenvalue weighted by atomic mass is 35.5. The van der Waals surface area contributed by atoms with Crippen LogP contribution < -0.4 is 5.73 Å². The number of carboxylic acids is 1. The van der Waals surface area contributed by atoms with Crippen LogP contribution in [0.1, 0.15) is 5.56 Å². The third kappa shape index (κ3) is 2.34. The van der Waals surface area contributed by atoms with Crippen LogP contribution in [0, 0.1) is 5.82 Å². The third-order valence-corrected chi connectivity index (χ3v) is 2.28. The maximum Gasteiger partial charge on any atom is 0.320 e. The summed E-state index contributed by atoms with van der Waals surface area (Å²) in [6.07, 6.45) is -0.471. The molecule has 88 valence electrons. The minimum atomic E-state index is -1.39. The van der Waals surface area contributed by atoms with Gasteiger partial charge >= 0.3 is 5.97 Å². The highest BCUT2D eigenvalue weighted by Gasteiger charge is 2.21. The van der Waals surface area contributed by atoms with Crippen molar-refractivity contribution in [2.24, 2.45) is 5.73 Å². The van der Waals surface area contributed by atoms with Gasteiger partial charge in [-0.3, -0.25) is 4.79 Å². The van der Waals surface area contributed by atoms with Gasteiger partial charge in [-0.25, -0.2) is 4.39 Å². The highest BCUT2D eigenvalue weighted by molar-refractivity contribution is 6.31. The fourth-order valence-electron chi connectivity index (χ4n) is 1.15. The Balaban J connectivity index is 3.17. The number of aliphatic carboxylic acids is 1. The zero-order valence-electron chi connectivity index (χ0n) is 7.94. The molecule has 0 saturated heterocycles. The molecule has 0 radical (unpaired) electrons. The van der Waals surface area contributed by atoms with Gasteiger partial charge in [-0.1, -0.05) is 11.6 Å². The van der Waals surface area contributed by atoms with Crippen molar-refractivity contribution in [2.75, 3.05) is 0 Å². The van der Waals surface area contributed by atoms with E-state index in [1.807, 2.05) is 0 Å². The van der Waals surface area contributed by atoms with Gasteiger partial charge in [-0.2, -0.15) is 0 Å². The van der Waals surface area contributed by atoms with E-state index < -0.39 is 46.3 Å². The first-order chi connectivity index (χ1) is 7.34. The summed E-state index contributed by atoms with van der Waals surface area (Å²) in [6.45, 7) is 0. The molecule has 1 aromatic carbocycles. The van der Waals surface area contributed by atoms with Crippen molar-refractivity contribution in [3.8, 4) is 11.5 Å². The summed E-state index contributed by atoms with van der Waals surface area (Å²) in [5.74, 6) is -3.72. The van der Waals surface area contributed by atoms with Gasteiger partial charge in [0.2, 0.25) is 0 Å². The molecule has 0 aliphatic carbocycles. The van der Waals surface area contributed by atoms with Crippen LogP contribution in [0.15, 0.2) is 6.07 Å². The third-order valence-electron chi connectivity index (χ3n) is 2.01. The number of rotatable bonds is 3. The van der Waals surface area contributed by atoms with E-state index in [1.165, 1.54) is 0 Å². The van der Waals surface area contributed by atoms with Crippen LogP contribution in [0.3, 0.4) is 0 Å². The first-order valence-corrected chi connectivity index (χ1v) is 4.59. The molecule has 7 heteroatoms. The number of carboxylic acid groups (broad SMARTS) is 1. The topological polar surface area (TPSA) is 104 Å². The Kier molecular flexibility index (Phi) is 3.56. The van der Waals surface area contributed by atoms with Gasteiger partial charge in [0, 0.05) is 18.1 Å². The molecule has 1 rings (SSSR count). The molecule has 0 saturated carbocycles. The molecule has 5 N–H and O–H groups in total. The van der Waals surface area contributed by atoms with Crippen LogP contribution in [-0.4, -0.2) is 27.3 Å². The monoisotopic (exact) mass is 249 g/mol. The van der Waals surface area contributed by atoms with Crippen molar-refractivity contribution in [1.29, 1.82) is 0 Å². The van der Waals surface area contributed by atoms with E-state index in [2.05, 4.69) is 0 Å². The second-order valence-corrected chi connectivity index (χ2v) is 3.57. The predicted octanol–water partition coefficient (Wildman–Crippen LogP) is 0.845. The van der Waals surface area contributed by atoms with Gasteiger partial charge in [-0.15, -0.1) is 0 Å².